The smallest absolute Gasteiger partial charge is 0.248 e. The second kappa shape index (κ2) is 6.51. The number of hydrogen-bond donors (Lipinski definition) is 1. The molecule has 0 amide bonds. The van der Waals surface area contributed by atoms with Crippen LogP contribution in [0.3, 0.4) is 0 Å². The van der Waals surface area contributed by atoms with Crippen molar-refractivity contribution in [3.05, 3.63) is 60.1 Å². The Bertz CT molecular complexity index is 1060. The van der Waals surface area contributed by atoms with Gasteiger partial charge in [0, 0.05) is 17.1 Å². The summed E-state index contributed by atoms with van der Waals surface area (Å²) in [5.74, 6) is 1.84. The van der Waals surface area contributed by atoms with Gasteiger partial charge < -0.3 is 9.84 Å². The molecule has 26 heavy (non-hydrogen) atoms. The first-order valence-electron chi connectivity index (χ1n) is 8.35. The van der Waals surface area contributed by atoms with E-state index in [1.807, 2.05) is 50.4 Å². The molecule has 4 rings (SSSR count). The van der Waals surface area contributed by atoms with E-state index < -0.39 is 0 Å². The average molecular weight is 346 g/mol. The molecule has 3 heterocycles. The number of aryl methyl sites for hydroxylation is 2. The van der Waals surface area contributed by atoms with E-state index in [9.17, 15) is 0 Å². The lowest BCUT2D eigenvalue weighted by Crippen LogP contribution is -2.09. The Morgan fingerprint density at radius 1 is 1.04 bits per heavy atom. The third-order valence-corrected chi connectivity index (χ3v) is 4.11. The second-order valence-electron chi connectivity index (χ2n) is 6.22. The molecule has 0 saturated heterocycles. The summed E-state index contributed by atoms with van der Waals surface area (Å²) in [5, 5.41) is 8.08. The Hall–Kier alpha value is -3.35. The van der Waals surface area contributed by atoms with E-state index >= 15 is 0 Å². The topological polar surface area (TPSA) is 89.6 Å². The van der Waals surface area contributed by atoms with Crippen molar-refractivity contribution in [3.63, 3.8) is 0 Å². The van der Waals surface area contributed by atoms with Crippen molar-refractivity contribution < 1.29 is 4.52 Å². The number of aromatic nitrogens is 5. The highest BCUT2D eigenvalue weighted by molar-refractivity contribution is 5.92. The Balaban J connectivity index is 1.72. The van der Waals surface area contributed by atoms with Gasteiger partial charge in [0.2, 0.25) is 5.89 Å². The Morgan fingerprint density at radius 3 is 2.65 bits per heavy atom. The van der Waals surface area contributed by atoms with Crippen molar-refractivity contribution in [2.75, 3.05) is 5.32 Å². The van der Waals surface area contributed by atoms with Gasteiger partial charge in [-0.05, 0) is 44.5 Å². The summed E-state index contributed by atoms with van der Waals surface area (Å²) in [6.45, 7) is 5.76. The zero-order valence-corrected chi connectivity index (χ0v) is 14.8. The van der Waals surface area contributed by atoms with E-state index in [0.717, 1.165) is 27.7 Å². The summed E-state index contributed by atoms with van der Waals surface area (Å²) < 4.78 is 5.24. The molecule has 3 aromatic heterocycles. The summed E-state index contributed by atoms with van der Waals surface area (Å²) in [5.41, 5.74) is 3.90. The summed E-state index contributed by atoms with van der Waals surface area (Å²) in [4.78, 5) is 17.5. The Labute approximate surface area is 150 Å². The standard InChI is InChI=1S/C19H18N6O/c1-11-4-6-16(20-9-11)14-5-7-17-15(8-14)18(22-10-21-17)23-12(2)19-24-13(3)25-26-19/h4-10,12H,1-3H3,(H,21,22,23). The van der Waals surface area contributed by atoms with Crippen LogP contribution < -0.4 is 5.32 Å². The number of nitrogens with zero attached hydrogens (tertiary/aromatic N) is 5. The minimum absolute atomic E-state index is 0.171. The van der Waals surface area contributed by atoms with Crippen LogP contribution in [-0.2, 0) is 0 Å². The summed E-state index contributed by atoms with van der Waals surface area (Å²) >= 11 is 0. The van der Waals surface area contributed by atoms with Crippen molar-refractivity contribution >= 4 is 16.7 Å². The van der Waals surface area contributed by atoms with Crippen LogP contribution in [0.25, 0.3) is 22.2 Å². The van der Waals surface area contributed by atoms with Crippen molar-refractivity contribution in [1.82, 2.24) is 25.1 Å². The lowest BCUT2D eigenvalue weighted by atomic mass is 10.1. The first-order valence-corrected chi connectivity index (χ1v) is 8.35. The number of fused-ring (bicyclic) bond motifs is 1. The van der Waals surface area contributed by atoms with Crippen LogP contribution >= 0.6 is 0 Å². The number of hydrogen-bond acceptors (Lipinski definition) is 7. The highest BCUT2D eigenvalue weighted by atomic mass is 16.5. The molecular formula is C19H18N6O. The molecule has 4 aromatic rings. The first kappa shape index (κ1) is 16.1. The predicted molar refractivity (Wildman–Crippen MR) is 98.6 cm³/mol. The van der Waals surface area contributed by atoms with Gasteiger partial charge in [-0.15, -0.1) is 0 Å². The summed E-state index contributed by atoms with van der Waals surface area (Å²) in [6, 6.07) is 9.92. The van der Waals surface area contributed by atoms with Crippen molar-refractivity contribution in [3.8, 4) is 11.3 Å². The lowest BCUT2D eigenvalue weighted by molar-refractivity contribution is 0.364. The summed E-state index contributed by atoms with van der Waals surface area (Å²) in [6.07, 6.45) is 3.40. The number of anilines is 1. The van der Waals surface area contributed by atoms with E-state index in [1.54, 1.807) is 13.3 Å². The maximum absolute atomic E-state index is 5.24. The van der Waals surface area contributed by atoms with Crippen molar-refractivity contribution in [1.29, 1.82) is 0 Å². The van der Waals surface area contributed by atoms with Gasteiger partial charge >= 0.3 is 0 Å². The van der Waals surface area contributed by atoms with E-state index in [4.69, 9.17) is 4.52 Å². The quantitative estimate of drug-likeness (QED) is 0.600. The highest BCUT2D eigenvalue weighted by Gasteiger charge is 2.15. The van der Waals surface area contributed by atoms with Gasteiger partial charge in [-0.1, -0.05) is 17.3 Å². The fraction of sp³-hybridized carbons (Fsp3) is 0.211. The monoisotopic (exact) mass is 346 g/mol. The minimum atomic E-state index is -0.171. The second-order valence-corrected chi connectivity index (χ2v) is 6.22. The number of benzene rings is 1. The minimum Gasteiger partial charge on any atom is -0.358 e. The fourth-order valence-corrected chi connectivity index (χ4v) is 2.73. The molecule has 0 fully saturated rings. The molecule has 0 radical (unpaired) electrons. The number of pyridine rings is 1. The number of rotatable bonds is 4. The zero-order chi connectivity index (χ0) is 18.1. The van der Waals surface area contributed by atoms with Crippen LogP contribution in [-0.4, -0.2) is 25.1 Å². The molecule has 0 bridgehead atoms. The van der Waals surface area contributed by atoms with Crippen molar-refractivity contribution in [2.24, 2.45) is 0 Å². The maximum atomic E-state index is 5.24. The van der Waals surface area contributed by atoms with Gasteiger partial charge in [-0.3, -0.25) is 4.98 Å². The van der Waals surface area contributed by atoms with E-state index in [2.05, 4.69) is 30.4 Å². The molecule has 1 N–H and O–H groups in total. The van der Waals surface area contributed by atoms with Gasteiger partial charge in [-0.2, -0.15) is 4.98 Å². The van der Waals surface area contributed by atoms with Crippen LogP contribution in [0.5, 0.6) is 0 Å². The molecule has 1 aromatic carbocycles. The molecule has 0 aliphatic rings. The molecule has 7 nitrogen and oxygen atoms in total. The third-order valence-electron chi connectivity index (χ3n) is 4.11. The number of nitrogens with one attached hydrogen (secondary N) is 1. The van der Waals surface area contributed by atoms with E-state index in [0.29, 0.717) is 17.5 Å². The largest absolute Gasteiger partial charge is 0.358 e. The van der Waals surface area contributed by atoms with Crippen LogP contribution in [0.15, 0.2) is 47.4 Å². The molecule has 1 unspecified atom stereocenters. The highest BCUT2D eigenvalue weighted by Crippen LogP contribution is 2.28. The van der Waals surface area contributed by atoms with Gasteiger partial charge in [0.15, 0.2) is 5.82 Å². The normalized spacial score (nSPS) is 12.3. The zero-order valence-electron chi connectivity index (χ0n) is 14.8. The molecular weight excluding hydrogens is 328 g/mol. The molecule has 7 heteroatoms. The van der Waals surface area contributed by atoms with Crippen LogP contribution in [0.4, 0.5) is 5.82 Å². The van der Waals surface area contributed by atoms with Gasteiger partial charge in [0.25, 0.3) is 0 Å². The molecule has 0 spiro atoms. The molecule has 0 aliphatic heterocycles. The van der Waals surface area contributed by atoms with Gasteiger partial charge in [-0.25, -0.2) is 9.97 Å². The lowest BCUT2D eigenvalue weighted by Gasteiger charge is -2.13. The van der Waals surface area contributed by atoms with Crippen LogP contribution in [0.2, 0.25) is 0 Å². The summed E-state index contributed by atoms with van der Waals surface area (Å²) in [7, 11) is 0. The van der Waals surface area contributed by atoms with Gasteiger partial charge in [0.05, 0.1) is 11.2 Å². The predicted octanol–water partition coefficient (Wildman–Crippen LogP) is 3.86. The van der Waals surface area contributed by atoms with Crippen LogP contribution in [0, 0.1) is 13.8 Å². The first-order chi connectivity index (χ1) is 12.6. The third kappa shape index (κ3) is 3.11. The van der Waals surface area contributed by atoms with Crippen LogP contribution in [0.1, 0.15) is 30.2 Å². The molecule has 0 saturated carbocycles. The maximum Gasteiger partial charge on any atom is 0.248 e. The molecule has 0 aliphatic carbocycles. The average Bonchev–Trinajstić information content (AvgIpc) is 3.09. The Morgan fingerprint density at radius 2 is 1.92 bits per heavy atom. The van der Waals surface area contributed by atoms with Crippen molar-refractivity contribution in [2.45, 2.75) is 26.8 Å². The Kier molecular flexibility index (Phi) is 4.04. The fourth-order valence-electron chi connectivity index (χ4n) is 2.73. The van der Waals surface area contributed by atoms with E-state index in [-0.39, 0.29) is 6.04 Å². The molecule has 1 atom stereocenters. The SMILES string of the molecule is Cc1ccc(-c2ccc3ncnc(NC(C)c4nc(C)no4)c3c2)nc1. The molecule has 130 valence electrons. The van der Waals surface area contributed by atoms with E-state index in [1.165, 1.54) is 0 Å². The van der Waals surface area contributed by atoms with Gasteiger partial charge in [0.1, 0.15) is 18.2 Å².